The van der Waals surface area contributed by atoms with Gasteiger partial charge in [-0.05, 0) is 19.1 Å². The summed E-state index contributed by atoms with van der Waals surface area (Å²) < 4.78 is 37.3. The largest absolute Gasteiger partial charge is 0.493 e. The van der Waals surface area contributed by atoms with Crippen molar-refractivity contribution in [3.63, 3.8) is 0 Å². The molecule has 0 saturated heterocycles. The van der Waals surface area contributed by atoms with Crippen LogP contribution >= 0.6 is 0 Å². The fourth-order valence-corrected chi connectivity index (χ4v) is 3.58. The lowest BCUT2D eigenvalue weighted by Crippen LogP contribution is -2.21. The monoisotopic (exact) mass is 504 g/mol. The Kier molecular flexibility index (Phi) is 8.92. The molecule has 0 unspecified atom stereocenters. The van der Waals surface area contributed by atoms with Crippen molar-refractivity contribution in [3.05, 3.63) is 51.6 Å². The Bertz CT molecular complexity index is 1140. The van der Waals surface area contributed by atoms with E-state index in [9.17, 15) is 14.9 Å². The van der Waals surface area contributed by atoms with Crippen molar-refractivity contribution in [2.45, 2.75) is 19.6 Å². The van der Waals surface area contributed by atoms with E-state index in [2.05, 4.69) is 5.32 Å². The van der Waals surface area contributed by atoms with Crippen LogP contribution < -0.4 is 24.3 Å². The molecule has 3 rings (SSSR count). The first-order chi connectivity index (χ1) is 17.4. The third-order valence-corrected chi connectivity index (χ3v) is 5.33. The number of rotatable bonds is 12. The molecule has 0 amide bonds. The number of fused-ring (bicyclic) bond motifs is 1. The van der Waals surface area contributed by atoms with Gasteiger partial charge in [-0.3, -0.25) is 10.1 Å². The Labute approximate surface area is 207 Å². The van der Waals surface area contributed by atoms with Gasteiger partial charge >= 0.3 is 5.97 Å². The highest BCUT2D eigenvalue weighted by Crippen LogP contribution is 2.42. The fourth-order valence-electron chi connectivity index (χ4n) is 3.58. The van der Waals surface area contributed by atoms with Gasteiger partial charge in [0.25, 0.3) is 5.69 Å². The molecule has 12 nitrogen and oxygen atoms in total. The van der Waals surface area contributed by atoms with E-state index in [4.69, 9.17) is 33.2 Å². The number of carbonyl (C=O) groups excluding carboxylic acids is 1. The molecule has 0 saturated carbocycles. The summed E-state index contributed by atoms with van der Waals surface area (Å²) in [4.78, 5) is 24.7. The second-order valence-corrected chi connectivity index (χ2v) is 7.35. The van der Waals surface area contributed by atoms with Crippen LogP contribution in [0.5, 0.6) is 23.0 Å². The van der Waals surface area contributed by atoms with E-state index >= 15 is 0 Å². The Morgan fingerprint density at radius 3 is 2.31 bits per heavy atom. The molecule has 0 aromatic heterocycles. The number of ether oxygens (including phenoxy) is 7. The highest BCUT2D eigenvalue weighted by atomic mass is 16.7. The summed E-state index contributed by atoms with van der Waals surface area (Å²) in [5, 5.41) is 15.2. The Hall–Kier alpha value is -4.03. The zero-order valence-corrected chi connectivity index (χ0v) is 20.6. The molecule has 2 aromatic rings. The van der Waals surface area contributed by atoms with Crippen LogP contribution in [0.4, 0.5) is 11.4 Å². The van der Waals surface area contributed by atoms with Crippen molar-refractivity contribution < 1.29 is 42.9 Å². The number of nitrogens with one attached hydrogen (secondary N) is 1. The molecule has 1 aliphatic rings. The van der Waals surface area contributed by atoms with E-state index in [0.717, 1.165) is 0 Å². The van der Waals surface area contributed by atoms with Gasteiger partial charge in [-0.15, -0.1) is 0 Å². The minimum absolute atomic E-state index is 0.0577. The van der Waals surface area contributed by atoms with Gasteiger partial charge in [0, 0.05) is 38.5 Å². The van der Waals surface area contributed by atoms with Crippen LogP contribution in [0.3, 0.4) is 0 Å². The Morgan fingerprint density at radius 2 is 1.72 bits per heavy atom. The SMILES string of the molecule is CCOC(=O)/C(CC(OC)OC)=C(/Nc1ccc(OC)c(OC)c1)c1cc2c(cc1[N+](=O)[O-])OCO2. The van der Waals surface area contributed by atoms with Crippen molar-refractivity contribution in [2.24, 2.45) is 0 Å². The smallest absolute Gasteiger partial charge is 0.336 e. The van der Waals surface area contributed by atoms with Crippen LogP contribution in [-0.4, -0.2) is 59.0 Å². The van der Waals surface area contributed by atoms with Crippen LogP contribution in [0, 0.1) is 10.1 Å². The maximum atomic E-state index is 13.2. The zero-order chi connectivity index (χ0) is 26.2. The number of carbonyl (C=O) groups is 1. The molecule has 12 heteroatoms. The lowest BCUT2D eigenvalue weighted by molar-refractivity contribution is -0.385. The Balaban J connectivity index is 2.28. The third-order valence-electron chi connectivity index (χ3n) is 5.33. The van der Waals surface area contributed by atoms with Crippen LogP contribution in [0.25, 0.3) is 5.70 Å². The number of anilines is 1. The number of esters is 1. The molecule has 1 N–H and O–H groups in total. The molecule has 1 aliphatic heterocycles. The molecule has 0 spiro atoms. The number of methoxy groups -OCH3 is 4. The van der Waals surface area contributed by atoms with Gasteiger partial charge in [0.1, 0.15) is 0 Å². The summed E-state index contributed by atoms with van der Waals surface area (Å²) in [5.74, 6) is 0.700. The first-order valence-corrected chi connectivity index (χ1v) is 10.9. The van der Waals surface area contributed by atoms with Crippen LogP contribution in [-0.2, 0) is 19.0 Å². The lowest BCUT2D eigenvalue weighted by Gasteiger charge is -2.21. The maximum Gasteiger partial charge on any atom is 0.336 e. The van der Waals surface area contributed by atoms with Gasteiger partial charge in [0.15, 0.2) is 29.3 Å². The van der Waals surface area contributed by atoms with Gasteiger partial charge in [-0.25, -0.2) is 4.79 Å². The molecule has 2 aromatic carbocycles. The van der Waals surface area contributed by atoms with Crippen molar-refractivity contribution in [3.8, 4) is 23.0 Å². The average Bonchev–Trinajstić information content (AvgIpc) is 3.35. The Morgan fingerprint density at radius 1 is 1.06 bits per heavy atom. The maximum absolute atomic E-state index is 13.2. The van der Waals surface area contributed by atoms with Crippen LogP contribution in [0.15, 0.2) is 35.9 Å². The number of benzene rings is 2. The third kappa shape index (κ3) is 5.78. The van der Waals surface area contributed by atoms with Crippen molar-refractivity contribution in [1.82, 2.24) is 0 Å². The molecule has 36 heavy (non-hydrogen) atoms. The topological polar surface area (TPSA) is 137 Å². The summed E-state index contributed by atoms with van der Waals surface area (Å²) >= 11 is 0. The number of nitro benzene ring substituents is 1. The highest BCUT2D eigenvalue weighted by molar-refractivity contribution is 6.01. The molecule has 1 heterocycles. The van der Waals surface area contributed by atoms with Gasteiger partial charge in [-0.2, -0.15) is 0 Å². The molecule has 0 aliphatic carbocycles. The second kappa shape index (κ2) is 12.1. The number of hydrogen-bond donors (Lipinski definition) is 1. The molecular weight excluding hydrogens is 476 g/mol. The lowest BCUT2D eigenvalue weighted by atomic mass is 10.0. The van der Waals surface area contributed by atoms with E-state index in [0.29, 0.717) is 22.9 Å². The van der Waals surface area contributed by atoms with Gasteiger partial charge < -0.3 is 38.5 Å². The molecule has 0 bridgehead atoms. The quantitative estimate of drug-likeness (QED) is 0.149. The van der Waals surface area contributed by atoms with Crippen LogP contribution in [0.1, 0.15) is 18.9 Å². The molecular formula is C24H28N2O10. The van der Waals surface area contributed by atoms with Crippen molar-refractivity contribution in [1.29, 1.82) is 0 Å². The number of nitrogens with zero attached hydrogens (tertiary/aromatic N) is 1. The van der Waals surface area contributed by atoms with Crippen molar-refractivity contribution >= 4 is 23.0 Å². The van der Waals surface area contributed by atoms with Crippen molar-refractivity contribution in [2.75, 3.05) is 47.2 Å². The highest BCUT2D eigenvalue weighted by Gasteiger charge is 2.30. The standard InChI is InChI=1S/C24H28N2O10/c1-6-34-24(27)16(11-22(32-4)33-5)23(25-14-7-8-18(30-2)19(9-14)31-3)15-10-20-21(36-13-35-20)12-17(15)26(28)29/h7-10,12,22,25H,6,11,13H2,1-5H3/b23-16+. The van der Waals surface area contributed by atoms with E-state index < -0.39 is 17.2 Å². The predicted octanol–water partition coefficient (Wildman–Crippen LogP) is 3.74. The van der Waals surface area contributed by atoms with E-state index in [-0.39, 0.29) is 48.1 Å². The summed E-state index contributed by atoms with van der Waals surface area (Å²) in [5.41, 5.74) is 0.387. The number of hydrogen-bond acceptors (Lipinski definition) is 11. The second-order valence-electron chi connectivity index (χ2n) is 7.35. The van der Waals surface area contributed by atoms with Gasteiger partial charge in [-0.1, -0.05) is 0 Å². The van der Waals surface area contributed by atoms with Gasteiger partial charge in [0.2, 0.25) is 6.79 Å². The summed E-state index contributed by atoms with van der Waals surface area (Å²) in [6.07, 6.45) is -0.910. The minimum atomic E-state index is -0.834. The van der Waals surface area contributed by atoms with Crippen LogP contribution in [0.2, 0.25) is 0 Å². The first kappa shape index (κ1) is 26.6. The molecule has 0 radical (unpaired) electrons. The first-order valence-electron chi connectivity index (χ1n) is 10.9. The molecule has 0 fully saturated rings. The molecule has 0 atom stereocenters. The zero-order valence-electron chi connectivity index (χ0n) is 20.6. The minimum Gasteiger partial charge on any atom is -0.493 e. The summed E-state index contributed by atoms with van der Waals surface area (Å²) in [7, 11) is 5.82. The van der Waals surface area contributed by atoms with Gasteiger partial charge in [0.05, 0.1) is 48.6 Å². The predicted molar refractivity (Wildman–Crippen MR) is 128 cm³/mol. The molecule has 194 valence electrons. The fraction of sp³-hybridized carbons (Fsp3) is 0.375. The number of nitro groups is 1. The summed E-state index contributed by atoms with van der Waals surface area (Å²) in [6.45, 7) is 1.65. The average molecular weight is 504 g/mol. The van der Waals surface area contributed by atoms with E-state index in [1.165, 1.54) is 40.6 Å². The van der Waals surface area contributed by atoms with E-state index in [1.807, 2.05) is 0 Å². The normalized spacial score (nSPS) is 12.7. The summed E-state index contributed by atoms with van der Waals surface area (Å²) in [6, 6.07) is 7.65. The van der Waals surface area contributed by atoms with E-state index in [1.54, 1.807) is 25.1 Å².